The van der Waals surface area contributed by atoms with Crippen molar-refractivity contribution in [1.82, 2.24) is 4.57 Å². The Morgan fingerprint density at radius 1 is 0.897 bits per heavy atom. The third-order valence-corrected chi connectivity index (χ3v) is 7.45. The Hall–Kier alpha value is -4.69. The molecule has 1 aromatic heterocycles. The normalized spacial score (nSPS) is 11.8. The molecule has 196 valence electrons. The summed E-state index contributed by atoms with van der Waals surface area (Å²) < 4.78 is 8.20. The van der Waals surface area contributed by atoms with Crippen molar-refractivity contribution in [3.63, 3.8) is 0 Å². The molecule has 0 aliphatic carbocycles. The van der Waals surface area contributed by atoms with Crippen molar-refractivity contribution in [2.75, 3.05) is 6.61 Å². The third-order valence-electron chi connectivity index (χ3n) is 6.51. The number of carbonyl (C=O) groups is 2. The summed E-state index contributed by atoms with van der Waals surface area (Å²) in [5.41, 5.74) is 2.92. The van der Waals surface area contributed by atoms with Gasteiger partial charge in [-0.1, -0.05) is 72.0 Å². The molecule has 0 aliphatic heterocycles. The first-order valence-corrected chi connectivity index (χ1v) is 13.2. The van der Waals surface area contributed by atoms with E-state index < -0.39 is 11.9 Å². The predicted molar refractivity (Wildman–Crippen MR) is 147 cm³/mol. The van der Waals surface area contributed by atoms with E-state index in [0.29, 0.717) is 29.0 Å². The Balaban J connectivity index is 1.23. The first-order chi connectivity index (χ1) is 18.9. The number of aromatic hydroxyl groups is 1. The average Bonchev–Trinajstić information content (AvgIpc) is 3.27. The van der Waals surface area contributed by atoms with Gasteiger partial charge in [0.25, 0.3) is 0 Å². The standard InChI is InChI=1S/C31H25NO6S/c33-27-9-5-4-8-24(27)25(30(35)36)18-20-10-13-23(14-11-20)38-17-16-32-26-15-12-22(19-28(26)39-31(32)37)29(34)21-6-2-1-3-7-21/h1-15,19,25,33H,16-18H2,(H,35,36)/p-1. The van der Waals surface area contributed by atoms with Gasteiger partial charge < -0.3 is 19.7 Å². The van der Waals surface area contributed by atoms with Crippen LogP contribution in [0.1, 0.15) is 33.0 Å². The third kappa shape index (κ3) is 5.76. The van der Waals surface area contributed by atoms with Gasteiger partial charge in [-0.05, 0) is 48.4 Å². The molecule has 7 nitrogen and oxygen atoms in total. The second-order valence-electron chi connectivity index (χ2n) is 9.02. The molecule has 5 aromatic rings. The van der Waals surface area contributed by atoms with Crippen LogP contribution in [-0.2, 0) is 17.8 Å². The second kappa shape index (κ2) is 11.4. The van der Waals surface area contributed by atoms with Crippen molar-refractivity contribution in [2.24, 2.45) is 0 Å². The number of carbonyl (C=O) groups excluding carboxylic acids is 2. The zero-order chi connectivity index (χ0) is 27.4. The number of rotatable bonds is 10. The number of para-hydroxylation sites is 1. The minimum Gasteiger partial charge on any atom is -0.549 e. The van der Waals surface area contributed by atoms with Gasteiger partial charge in [-0.2, -0.15) is 0 Å². The Morgan fingerprint density at radius 3 is 2.33 bits per heavy atom. The Kier molecular flexibility index (Phi) is 7.56. The van der Waals surface area contributed by atoms with Crippen LogP contribution in [0, 0.1) is 0 Å². The van der Waals surface area contributed by atoms with Crippen LogP contribution in [0.25, 0.3) is 10.2 Å². The van der Waals surface area contributed by atoms with Crippen LogP contribution >= 0.6 is 11.3 Å². The lowest BCUT2D eigenvalue weighted by Crippen LogP contribution is -2.31. The largest absolute Gasteiger partial charge is 0.549 e. The molecule has 0 saturated heterocycles. The number of hydrogen-bond donors (Lipinski definition) is 1. The monoisotopic (exact) mass is 538 g/mol. The lowest BCUT2D eigenvalue weighted by Gasteiger charge is -2.20. The molecule has 0 amide bonds. The van der Waals surface area contributed by atoms with Gasteiger partial charge in [-0.3, -0.25) is 14.2 Å². The SMILES string of the molecule is O=C(c1ccccc1)c1ccc2c(c1)sc(=O)n2CCOc1ccc(CC(C(=O)[O-])c2ccccc2O)cc1. The summed E-state index contributed by atoms with van der Waals surface area (Å²) in [6.45, 7) is 0.571. The molecule has 1 heterocycles. The van der Waals surface area contributed by atoms with E-state index in [0.717, 1.165) is 27.1 Å². The van der Waals surface area contributed by atoms with Crippen LogP contribution in [0.2, 0.25) is 0 Å². The zero-order valence-electron chi connectivity index (χ0n) is 20.8. The first-order valence-electron chi connectivity index (χ1n) is 12.3. The second-order valence-corrected chi connectivity index (χ2v) is 10.0. The molecule has 0 bridgehead atoms. The number of benzene rings is 4. The zero-order valence-corrected chi connectivity index (χ0v) is 21.6. The number of phenolic OH excluding ortho intramolecular Hbond substituents is 1. The summed E-state index contributed by atoms with van der Waals surface area (Å²) in [5, 5.41) is 21.8. The summed E-state index contributed by atoms with van der Waals surface area (Å²) in [7, 11) is 0. The Bertz CT molecular complexity index is 1690. The molecule has 8 heteroatoms. The van der Waals surface area contributed by atoms with Crippen molar-refractivity contribution >= 4 is 33.3 Å². The summed E-state index contributed by atoms with van der Waals surface area (Å²) in [6.07, 6.45) is 0.158. The quantitative estimate of drug-likeness (QED) is 0.268. The highest BCUT2D eigenvalue weighted by Gasteiger charge is 2.17. The van der Waals surface area contributed by atoms with Crippen molar-refractivity contribution in [2.45, 2.75) is 18.9 Å². The van der Waals surface area contributed by atoms with Gasteiger partial charge in [0.2, 0.25) is 0 Å². The van der Waals surface area contributed by atoms with E-state index in [1.54, 1.807) is 77.4 Å². The van der Waals surface area contributed by atoms with Crippen molar-refractivity contribution < 1.29 is 24.5 Å². The highest BCUT2D eigenvalue weighted by molar-refractivity contribution is 7.16. The fraction of sp³-hybridized carbons (Fsp3) is 0.129. The molecule has 1 unspecified atom stereocenters. The van der Waals surface area contributed by atoms with E-state index >= 15 is 0 Å². The number of ketones is 1. The number of carboxylic acids is 1. The van der Waals surface area contributed by atoms with Crippen molar-refractivity contribution in [3.05, 3.63) is 129 Å². The highest BCUT2D eigenvalue weighted by atomic mass is 32.1. The van der Waals surface area contributed by atoms with Gasteiger partial charge in [0, 0.05) is 28.6 Å². The number of phenols is 1. The minimum atomic E-state index is -1.26. The molecule has 1 N–H and O–H groups in total. The number of aromatic nitrogens is 1. The maximum atomic E-state index is 12.8. The smallest absolute Gasteiger partial charge is 0.308 e. The number of aliphatic carboxylic acids is 1. The molecule has 0 radical (unpaired) electrons. The summed E-state index contributed by atoms with van der Waals surface area (Å²) in [4.78, 5) is 37.0. The topological polar surface area (TPSA) is 109 Å². The van der Waals surface area contributed by atoms with Crippen LogP contribution in [0.3, 0.4) is 0 Å². The van der Waals surface area contributed by atoms with Crippen LogP contribution in [0.5, 0.6) is 11.5 Å². The molecule has 0 fully saturated rings. The fourth-order valence-corrected chi connectivity index (χ4v) is 5.45. The van der Waals surface area contributed by atoms with E-state index in [1.165, 1.54) is 6.07 Å². The van der Waals surface area contributed by atoms with Gasteiger partial charge >= 0.3 is 4.87 Å². The predicted octanol–water partition coefficient (Wildman–Crippen LogP) is 4.15. The fourth-order valence-electron chi connectivity index (χ4n) is 4.49. The van der Waals surface area contributed by atoms with Crippen LogP contribution in [-0.4, -0.2) is 28.0 Å². The maximum absolute atomic E-state index is 12.8. The number of ether oxygens (including phenoxy) is 1. The van der Waals surface area contributed by atoms with E-state index in [2.05, 4.69) is 0 Å². The lowest BCUT2D eigenvalue weighted by atomic mass is 9.91. The number of hydrogen-bond acceptors (Lipinski definition) is 7. The van der Waals surface area contributed by atoms with E-state index in [9.17, 15) is 24.6 Å². The molecular formula is C31H24NO6S-. The number of nitrogens with zero attached hydrogens (tertiary/aromatic N) is 1. The van der Waals surface area contributed by atoms with Gasteiger partial charge in [0.05, 0.1) is 16.8 Å². The first kappa shape index (κ1) is 25.9. The van der Waals surface area contributed by atoms with E-state index in [-0.39, 0.29) is 29.4 Å². The Morgan fingerprint density at radius 2 is 1.62 bits per heavy atom. The molecular weight excluding hydrogens is 514 g/mol. The molecule has 0 saturated carbocycles. The average molecular weight is 539 g/mol. The number of fused-ring (bicyclic) bond motifs is 1. The van der Waals surface area contributed by atoms with E-state index in [1.807, 2.05) is 18.2 Å². The highest BCUT2D eigenvalue weighted by Crippen LogP contribution is 2.29. The lowest BCUT2D eigenvalue weighted by molar-refractivity contribution is -0.308. The van der Waals surface area contributed by atoms with Crippen molar-refractivity contribution in [1.29, 1.82) is 0 Å². The van der Waals surface area contributed by atoms with Crippen molar-refractivity contribution in [3.8, 4) is 11.5 Å². The summed E-state index contributed by atoms with van der Waals surface area (Å²) in [5.74, 6) is -1.85. The Labute approximate surface area is 228 Å². The molecule has 0 aliphatic rings. The van der Waals surface area contributed by atoms with Gasteiger partial charge in [-0.15, -0.1) is 0 Å². The maximum Gasteiger partial charge on any atom is 0.308 e. The molecule has 1 atom stereocenters. The number of carboxylic acid groups (broad SMARTS) is 1. The molecule has 39 heavy (non-hydrogen) atoms. The van der Waals surface area contributed by atoms with Crippen LogP contribution in [0.4, 0.5) is 0 Å². The van der Waals surface area contributed by atoms with E-state index in [4.69, 9.17) is 4.74 Å². The van der Waals surface area contributed by atoms with Gasteiger partial charge in [0.15, 0.2) is 5.78 Å². The molecule has 4 aromatic carbocycles. The van der Waals surface area contributed by atoms with Gasteiger partial charge in [0.1, 0.15) is 18.1 Å². The van der Waals surface area contributed by atoms with Crippen LogP contribution < -0.4 is 14.7 Å². The van der Waals surface area contributed by atoms with Crippen LogP contribution in [0.15, 0.2) is 102 Å². The summed E-state index contributed by atoms with van der Waals surface area (Å²) in [6, 6.07) is 27.6. The molecule has 5 rings (SSSR count). The van der Waals surface area contributed by atoms with Gasteiger partial charge in [-0.25, -0.2) is 0 Å². The number of thiazole rings is 1. The minimum absolute atomic E-state index is 0.0816. The molecule has 0 spiro atoms. The summed E-state index contributed by atoms with van der Waals surface area (Å²) >= 11 is 1.09.